The van der Waals surface area contributed by atoms with Gasteiger partial charge in [0.25, 0.3) is 0 Å². The minimum absolute atomic E-state index is 0.187. The maximum atomic E-state index is 11.6. The number of amides is 2. The Morgan fingerprint density at radius 2 is 2.11 bits per heavy atom. The molecule has 0 saturated heterocycles. The molecule has 1 fully saturated rings. The van der Waals surface area contributed by atoms with Gasteiger partial charge in [-0.05, 0) is 12.8 Å². The number of carbonyl (C=O) groups is 2. The van der Waals surface area contributed by atoms with E-state index in [1.807, 2.05) is 5.38 Å². The molecule has 2 amide bonds. The van der Waals surface area contributed by atoms with Gasteiger partial charge in [-0.25, -0.2) is 9.78 Å². The molecule has 1 heterocycles. The summed E-state index contributed by atoms with van der Waals surface area (Å²) in [6, 6.07) is -0.345. The Kier molecular flexibility index (Phi) is 4.36. The number of thiazole rings is 1. The summed E-state index contributed by atoms with van der Waals surface area (Å²) in [5.41, 5.74) is -0.779. The molecule has 1 aromatic heterocycles. The van der Waals surface area contributed by atoms with Crippen LogP contribution < -0.4 is 10.6 Å². The number of carboxylic acid groups (broad SMARTS) is 1. The third kappa shape index (κ3) is 3.44. The maximum absolute atomic E-state index is 11.6. The van der Waals surface area contributed by atoms with Gasteiger partial charge in [-0.2, -0.15) is 0 Å². The van der Waals surface area contributed by atoms with Crippen molar-refractivity contribution in [1.82, 2.24) is 15.6 Å². The molecule has 0 bridgehead atoms. The molecular formula is C12H17N3O3S. The minimum atomic E-state index is -0.815. The van der Waals surface area contributed by atoms with Crippen LogP contribution in [0, 0.1) is 5.41 Å². The van der Waals surface area contributed by atoms with Gasteiger partial charge in [0.15, 0.2) is 0 Å². The molecule has 3 N–H and O–H groups in total. The number of urea groups is 1. The van der Waals surface area contributed by atoms with Crippen LogP contribution in [0.4, 0.5) is 4.79 Å². The molecule has 19 heavy (non-hydrogen) atoms. The van der Waals surface area contributed by atoms with Crippen LogP contribution in [0.25, 0.3) is 0 Å². The molecule has 6 nitrogen and oxygen atoms in total. The van der Waals surface area contributed by atoms with Gasteiger partial charge < -0.3 is 15.7 Å². The molecule has 1 saturated carbocycles. The van der Waals surface area contributed by atoms with Gasteiger partial charge in [-0.3, -0.25) is 4.79 Å². The fourth-order valence-corrected chi connectivity index (χ4v) is 2.88. The highest BCUT2D eigenvalue weighted by Gasteiger charge is 2.41. The fourth-order valence-electron chi connectivity index (χ4n) is 2.33. The first kappa shape index (κ1) is 13.8. The molecule has 2 rings (SSSR count). The molecule has 7 heteroatoms. The largest absolute Gasteiger partial charge is 0.481 e. The lowest BCUT2D eigenvalue weighted by Crippen LogP contribution is -2.44. The van der Waals surface area contributed by atoms with Crippen LogP contribution in [0.5, 0.6) is 0 Å². The number of hydrogen-bond donors (Lipinski definition) is 3. The number of nitrogens with one attached hydrogen (secondary N) is 2. The predicted octanol–water partition coefficient (Wildman–Crippen LogP) is 1.59. The van der Waals surface area contributed by atoms with Crippen LogP contribution in [-0.2, 0) is 11.3 Å². The number of hydrogen-bond acceptors (Lipinski definition) is 4. The van der Waals surface area contributed by atoms with Crippen molar-refractivity contribution in [3.05, 3.63) is 16.6 Å². The zero-order valence-corrected chi connectivity index (χ0v) is 11.3. The summed E-state index contributed by atoms with van der Waals surface area (Å²) in [6.45, 7) is 0.551. The second kappa shape index (κ2) is 6.01. The molecule has 0 aromatic carbocycles. The molecule has 1 aromatic rings. The predicted molar refractivity (Wildman–Crippen MR) is 70.9 cm³/mol. The molecule has 0 radical (unpaired) electrons. The van der Waals surface area contributed by atoms with E-state index in [9.17, 15) is 14.7 Å². The van der Waals surface area contributed by atoms with Gasteiger partial charge in [-0.1, -0.05) is 12.8 Å². The Balaban J connectivity index is 1.77. The van der Waals surface area contributed by atoms with Crippen LogP contribution in [-0.4, -0.2) is 28.6 Å². The Hall–Kier alpha value is -1.63. The Labute approximate surface area is 115 Å². The average molecular weight is 283 g/mol. The van der Waals surface area contributed by atoms with E-state index >= 15 is 0 Å². The van der Waals surface area contributed by atoms with Crippen molar-refractivity contribution in [1.29, 1.82) is 0 Å². The molecule has 0 unspecified atom stereocenters. The summed E-state index contributed by atoms with van der Waals surface area (Å²) < 4.78 is 0. The third-order valence-corrected chi connectivity index (χ3v) is 4.26. The third-order valence-electron chi connectivity index (χ3n) is 3.49. The van der Waals surface area contributed by atoms with E-state index in [0.717, 1.165) is 17.8 Å². The van der Waals surface area contributed by atoms with E-state index < -0.39 is 11.4 Å². The molecule has 104 valence electrons. The molecule has 1 aliphatic rings. The minimum Gasteiger partial charge on any atom is -0.481 e. The van der Waals surface area contributed by atoms with Crippen molar-refractivity contribution < 1.29 is 14.7 Å². The molecule has 0 spiro atoms. The number of carboxylic acids is 1. The van der Waals surface area contributed by atoms with E-state index in [0.29, 0.717) is 19.4 Å². The molecular weight excluding hydrogens is 266 g/mol. The zero-order valence-electron chi connectivity index (χ0n) is 10.5. The van der Waals surface area contributed by atoms with Crippen molar-refractivity contribution in [3.63, 3.8) is 0 Å². The van der Waals surface area contributed by atoms with Crippen molar-refractivity contribution in [2.45, 2.75) is 32.2 Å². The van der Waals surface area contributed by atoms with E-state index in [1.165, 1.54) is 11.3 Å². The number of carbonyl (C=O) groups excluding carboxylic acids is 1. The first-order valence-electron chi connectivity index (χ1n) is 6.26. The van der Waals surface area contributed by atoms with Crippen LogP contribution in [0.15, 0.2) is 11.6 Å². The van der Waals surface area contributed by atoms with Gasteiger partial charge in [0, 0.05) is 18.1 Å². The summed E-state index contributed by atoms with van der Waals surface area (Å²) >= 11 is 1.46. The summed E-state index contributed by atoms with van der Waals surface area (Å²) in [5, 5.41) is 17.3. The van der Waals surface area contributed by atoms with Gasteiger partial charge in [0.2, 0.25) is 0 Å². The van der Waals surface area contributed by atoms with Crippen molar-refractivity contribution >= 4 is 23.3 Å². The number of rotatable bonds is 5. The second-order valence-electron chi connectivity index (χ2n) is 4.75. The number of nitrogens with zero attached hydrogens (tertiary/aromatic N) is 1. The van der Waals surface area contributed by atoms with E-state index in [2.05, 4.69) is 15.6 Å². The van der Waals surface area contributed by atoms with Gasteiger partial charge in [-0.15, -0.1) is 11.3 Å². The van der Waals surface area contributed by atoms with Crippen LogP contribution in [0.2, 0.25) is 0 Å². The number of aromatic nitrogens is 1. The normalized spacial score (nSPS) is 17.1. The fraction of sp³-hybridized carbons (Fsp3) is 0.583. The lowest BCUT2D eigenvalue weighted by atomic mass is 9.86. The molecule has 1 aliphatic carbocycles. The van der Waals surface area contributed by atoms with Crippen molar-refractivity contribution in [2.24, 2.45) is 5.41 Å². The topological polar surface area (TPSA) is 91.3 Å². The SMILES string of the molecule is O=C(NCc1nccs1)NCC1(C(=O)O)CCCC1. The number of aliphatic carboxylic acids is 1. The van der Waals surface area contributed by atoms with E-state index in [4.69, 9.17) is 0 Å². The monoisotopic (exact) mass is 283 g/mol. The van der Waals surface area contributed by atoms with Crippen LogP contribution in [0.1, 0.15) is 30.7 Å². The average Bonchev–Trinajstić information content (AvgIpc) is 3.05. The van der Waals surface area contributed by atoms with Gasteiger partial charge in [0.05, 0.1) is 12.0 Å². The zero-order chi connectivity index (χ0) is 13.7. The standard InChI is InChI=1S/C12H17N3O3S/c16-10(17)12(3-1-2-4-12)8-15-11(18)14-7-9-13-5-6-19-9/h5-6H,1-4,7-8H2,(H,16,17)(H2,14,15,18). The summed E-state index contributed by atoms with van der Waals surface area (Å²) in [5.74, 6) is -0.815. The highest BCUT2D eigenvalue weighted by Crippen LogP contribution is 2.37. The van der Waals surface area contributed by atoms with Gasteiger partial charge in [0.1, 0.15) is 5.01 Å². The quantitative estimate of drug-likeness (QED) is 0.765. The summed E-state index contributed by atoms with van der Waals surface area (Å²) in [7, 11) is 0. The van der Waals surface area contributed by atoms with Crippen molar-refractivity contribution in [2.75, 3.05) is 6.54 Å². The highest BCUT2D eigenvalue weighted by atomic mass is 32.1. The Morgan fingerprint density at radius 1 is 1.37 bits per heavy atom. The highest BCUT2D eigenvalue weighted by molar-refractivity contribution is 7.09. The van der Waals surface area contributed by atoms with E-state index in [-0.39, 0.29) is 12.6 Å². The van der Waals surface area contributed by atoms with Crippen LogP contribution in [0.3, 0.4) is 0 Å². The molecule has 0 atom stereocenters. The lowest BCUT2D eigenvalue weighted by Gasteiger charge is -2.23. The Bertz CT molecular complexity index is 441. The summed E-state index contributed by atoms with van der Waals surface area (Å²) in [4.78, 5) is 27.0. The van der Waals surface area contributed by atoms with E-state index in [1.54, 1.807) is 6.20 Å². The van der Waals surface area contributed by atoms with Gasteiger partial charge >= 0.3 is 12.0 Å². The smallest absolute Gasteiger partial charge is 0.315 e. The lowest BCUT2D eigenvalue weighted by molar-refractivity contribution is -0.148. The first-order valence-corrected chi connectivity index (χ1v) is 7.14. The second-order valence-corrected chi connectivity index (χ2v) is 5.73. The molecule has 0 aliphatic heterocycles. The summed E-state index contributed by atoms with van der Waals surface area (Å²) in [6.07, 6.45) is 4.77. The van der Waals surface area contributed by atoms with Crippen molar-refractivity contribution in [3.8, 4) is 0 Å². The Morgan fingerprint density at radius 3 is 2.68 bits per heavy atom. The maximum Gasteiger partial charge on any atom is 0.315 e. The van der Waals surface area contributed by atoms with Crippen LogP contribution >= 0.6 is 11.3 Å². The first-order chi connectivity index (χ1) is 9.12.